The number of pyridine rings is 7. The van der Waals surface area contributed by atoms with Crippen LogP contribution in [-0.4, -0.2) is 34.5 Å². The Labute approximate surface area is 786 Å². The third kappa shape index (κ3) is 23.0. The van der Waals surface area contributed by atoms with Gasteiger partial charge in [0.15, 0.2) is 12.7 Å². The van der Waals surface area contributed by atoms with Crippen molar-refractivity contribution >= 4 is 43.5 Å². The molecule has 0 N–H and O–H groups in total. The average Bonchev–Trinajstić information content (AvgIpc) is 1.60. The largest absolute Gasteiger partial charge is 0.327 e. The van der Waals surface area contributed by atoms with Crippen molar-refractivity contribution in [2.75, 3.05) is 0 Å². The van der Waals surface area contributed by atoms with E-state index >= 15 is 0 Å². The number of aryl methyl sites for hydroxylation is 3. The fraction of sp³-hybridized carbons (Fsp3) is 0.0354. The Balaban J connectivity index is 0.000000134. The molecule has 13 aromatic carbocycles. The Bertz CT molecular complexity index is 6540. The van der Waals surface area contributed by atoms with E-state index in [0.29, 0.717) is 0 Å². The Morgan fingerprint density at radius 1 is 0.280 bits per heavy atom. The molecule has 12 heteroatoms. The molecule has 9 heterocycles. The molecular weight excluding hydrogens is 2240 g/mol. The first-order chi connectivity index (χ1) is 59.8. The van der Waals surface area contributed by atoms with E-state index in [9.17, 15) is 0 Å². The molecule has 8 aromatic heterocycles. The monoisotopic (exact) mass is 2320 g/mol. The molecule has 22 rings (SSSR count). The fourth-order valence-electron chi connectivity index (χ4n) is 14.8. The van der Waals surface area contributed by atoms with Crippen molar-refractivity contribution in [2.45, 2.75) is 27.3 Å². The minimum atomic E-state index is 0. The van der Waals surface area contributed by atoms with Crippen LogP contribution in [0.15, 0.2) is 438 Å². The van der Waals surface area contributed by atoms with Gasteiger partial charge in [0.1, 0.15) is 0 Å². The van der Waals surface area contributed by atoms with Gasteiger partial charge in [0, 0.05) is 151 Å². The van der Waals surface area contributed by atoms with Crippen LogP contribution in [0, 0.1) is 57.2 Å². The summed E-state index contributed by atoms with van der Waals surface area (Å²) < 4.78 is 4.65. The molecule has 0 saturated heterocycles. The van der Waals surface area contributed by atoms with E-state index in [1.807, 2.05) is 225 Å². The van der Waals surface area contributed by atoms with Crippen LogP contribution in [0.4, 0.5) is 0 Å². The normalized spacial score (nSPS) is 10.4. The van der Waals surface area contributed by atoms with Crippen molar-refractivity contribution in [3.05, 3.63) is 496 Å². The van der Waals surface area contributed by atoms with E-state index in [4.69, 9.17) is 0 Å². The summed E-state index contributed by atoms with van der Waals surface area (Å²) in [5.41, 5.74) is 29.4. The van der Waals surface area contributed by atoms with E-state index in [0.717, 1.165) is 79.8 Å². The van der Waals surface area contributed by atoms with E-state index in [1.54, 1.807) is 12.4 Å². The number of rotatable bonds is 10. The van der Waals surface area contributed by atoms with Crippen molar-refractivity contribution in [3.8, 4) is 107 Å². The van der Waals surface area contributed by atoms with Crippen LogP contribution < -0.4 is 4.57 Å². The van der Waals surface area contributed by atoms with Crippen molar-refractivity contribution in [1.82, 2.24) is 34.5 Å². The standard InChI is InChI=1S/C23H15N2.3C18H14N.C14H10N.2C11H8N.4Ir/c1-3-13-22-19(10-1)20-11-2-4-14-23(20)25(22)18-9-7-8-17(16-18)21-12-5-6-15-24-21;1-14-12-18(16-10-6-3-7-11-16)19-13-17(14)15-8-4-2-5-9-15;1-14-7-5-6-10-17(14)16-11-12-19-18(13-16)15-8-3-2-4-9-15;1-14-13-16(18-9-5-6-12-19-18)10-11-17(14)15-7-3-2-4-8-15;1-3-10-6-7-11-5-2-8-15-9-12(4-1)13(10)14(11)15;2*1-2-6-10(7-3-1)11-8-4-5-9-12-11;;;;/h1-7,9-16H;2-10,12-13H,1H3;2-8,10-13H,1H3;2-9,11-13H,1H3;1-8H,9H2;2*1-6,8-9H;;;;/q4*-1;+1;2*-1;;;;. The maximum Gasteiger partial charge on any atom is 0.221 e. The maximum absolute atomic E-state index is 4.55. The number of aromatic nitrogens is 8. The fourth-order valence-corrected chi connectivity index (χ4v) is 14.8. The maximum atomic E-state index is 4.55. The Morgan fingerprint density at radius 3 is 1.23 bits per heavy atom. The molecule has 0 bridgehead atoms. The Morgan fingerprint density at radius 2 is 0.720 bits per heavy atom. The van der Waals surface area contributed by atoms with Gasteiger partial charge < -0.3 is 34.5 Å². The number of para-hydroxylation sites is 2. The first-order valence-electron chi connectivity index (χ1n) is 40.3. The molecule has 0 aliphatic carbocycles. The summed E-state index contributed by atoms with van der Waals surface area (Å²) in [5.74, 6) is 0. The SMILES string of the molecule is Cc1cc(-c2[c-]cccc2)ncc1-c1ccccc1.Cc1cc(-c2ccccn2)[c-]cc1-c1ccccc1.Cc1ccccc1-c1ccnc(-c2[c-]cccc2)c1.[Ir].[Ir].[Ir].[Ir].[c-]1ccc(-n2c3ccccc3c3ccccc32)cc1-c1ccccn1.[c-]1ccccc1-c1ccccn1.[c-]1ccccc1-c1ccccn1.c1cc2c3c(c1)ccc1ccc[n+](c13)C2. The zero-order valence-electron chi connectivity index (χ0n) is 68.7. The second kappa shape index (κ2) is 45.8. The van der Waals surface area contributed by atoms with Crippen LogP contribution in [0.2, 0.25) is 0 Å². The molecule has 21 aromatic rings. The van der Waals surface area contributed by atoms with Crippen LogP contribution in [0.25, 0.3) is 150 Å². The summed E-state index contributed by atoms with van der Waals surface area (Å²) in [6, 6.07) is 153. The Hall–Kier alpha value is -13.2. The number of benzene rings is 13. The smallest absolute Gasteiger partial charge is 0.221 e. The quantitative estimate of drug-likeness (QED) is 0.0770. The number of fused-ring (bicyclic) bond motifs is 3. The van der Waals surface area contributed by atoms with Crippen LogP contribution in [0.1, 0.15) is 22.3 Å². The third-order valence-electron chi connectivity index (χ3n) is 20.7. The molecule has 4 radical (unpaired) electrons. The first-order valence-corrected chi connectivity index (χ1v) is 40.3. The van der Waals surface area contributed by atoms with Crippen molar-refractivity contribution in [3.63, 3.8) is 0 Å². The second-order valence-corrected chi connectivity index (χ2v) is 28.8. The molecular formula is C113H83Ir4N8-5. The van der Waals surface area contributed by atoms with Crippen LogP contribution in [0.5, 0.6) is 0 Å². The molecule has 0 spiro atoms. The van der Waals surface area contributed by atoms with Gasteiger partial charge >= 0.3 is 0 Å². The molecule has 616 valence electrons. The molecule has 125 heavy (non-hydrogen) atoms. The average molecular weight is 2320 g/mol. The van der Waals surface area contributed by atoms with Gasteiger partial charge in [0.2, 0.25) is 5.52 Å². The summed E-state index contributed by atoms with van der Waals surface area (Å²) in [5, 5.41) is 6.68. The second-order valence-electron chi connectivity index (χ2n) is 28.8. The summed E-state index contributed by atoms with van der Waals surface area (Å²) in [6.45, 7) is 7.40. The minimum Gasteiger partial charge on any atom is -0.327 e. The molecule has 0 atom stereocenters. The van der Waals surface area contributed by atoms with E-state index in [2.05, 4.69) is 297 Å². The van der Waals surface area contributed by atoms with Crippen molar-refractivity contribution in [1.29, 1.82) is 0 Å². The van der Waals surface area contributed by atoms with Gasteiger partial charge in [-0.25, -0.2) is 0 Å². The van der Waals surface area contributed by atoms with Crippen LogP contribution >= 0.6 is 0 Å². The number of hydrogen-bond acceptors (Lipinski definition) is 6. The Kier molecular flexibility index (Phi) is 33.4. The van der Waals surface area contributed by atoms with Gasteiger partial charge in [-0.2, -0.15) is 4.57 Å². The molecule has 1 aliphatic rings. The molecule has 0 fully saturated rings. The van der Waals surface area contributed by atoms with Gasteiger partial charge in [-0.3, -0.25) is 0 Å². The zero-order chi connectivity index (χ0) is 82.2. The van der Waals surface area contributed by atoms with E-state index < -0.39 is 0 Å². The molecule has 8 nitrogen and oxygen atoms in total. The van der Waals surface area contributed by atoms with Gasteiger partial charge in [-0.15, -0.1) is 203 Å². The van der Waals surface area contributed by atoms with Gasteiger partial charge in [-0.1, -0.05) is 224 Å². The van der Waals surface area contributed by atoms with Gasteiger partial charge in [-0.05, 0) is 141 Å². The topological polar surface area (TPSA) is 86.1 Å². The predicted molar refractivity (Wildman–Crippen MR) is 497 cm³/mol. The zero-order valence-corrected chi connectivity index (χ0v) is 78.3. The molecule has 0 amide bonds. The summed E-state index contributed by atoms with van der Waals surface area (Å²) in [6.07, 6.45) is 13.2. The summed E-state index contributed by atoms with van der Waals surface area (Å²) in [7, 11) is 0. The third-order valence-corrected chi connectivity index (χ3v) is 20.7. The minimum absolute atomic E-state index is 0. The van der Waals surface area contributed by atoms with Crippen molar-refractivity contribution < 1.29 is 85.0 Å². The van der Waals surface area contributed by atoms with E-state index in [1.165, 1.54) is 99.1 Å². The first kappa shape index (κ1) is 91.0. The molecule has 0 unspecified atom stereocenters. The van der Waals surface area contributed by atoms with E-state index in [-0.39, 0.29) is 80.4 Å². The van der Waals surface area contributed by atoms with Gasteiger partial charge in [0.05, 0.1) is 16.4 Å². The number of nitrogens with zero attached hydrogens (tertiary/aromatic N) is 8. The van der Waals surface area contributed by atoms with Crippen LogP contribution in [0.3, 0.4) is 0 Å². The summed E-state index contributed by atoms with van der Waals surface area (Å²) >= 11 is 0. The predicted octanol–water partition coefficient (Wildman–Crippen LogP) is 26.9. The number of hydrogen-bond donors (Lipinski definition) is 0. The molecule has 0 saturated carbocycles. The summed E-state index contributed by atoms with van der Waals surface area (Å²) in [4.78, 5) is 26.2. The molecule has 1 aliphatic heterocycles. The van der Waals surface area contributed by atoms with Crippen molar-refractivity contribution in [2.24, 2.45) is 0 Å². The van der Waals surface area contributed by atoms with Crippen LogP contribution in [-0.2, 0) is 87.0 Å². The van der Waals surface area contributed by atoms with Gasteiger partial charge in [0.25, 0.3) is 0 Å².